The highest BCUT2D eigenvalue weighted by Gasteiger charge is 2.22. The molecule has 13 nitrogen and oxygen atoms in total. The molecule has 0 aromatic carbocycles. The standard InChI is InChI=1S/C12H20N6O7/c13-5(1-7(14)19)11(23)17-3-9(21)16-4-10(22)18-6(12(24)25)2-8(15)20/h5-6H,1-4,13H2,(H2,14,19)(H2,15,20)(H,16,21)(H,17,23)(H,18,22)(H,24,25). The molecule has 0 saturated carbocycles. The lowest BCUT2D eigenvalue weighted by molar-refractivity contribution is -0.143. The fourth-order valence-corrected chi connectivity index (χ4v) is 1.50. The van der Waals surface area contributed by atoms with Crippen LogP contribution in [0.25, 0.3) is 0 Å². The Hall–Kier alpha value is -3.22. The van der Waals surface area contributed by atoms with Crippen molar-refractivity contribution in [1.82, 2.24) is 16.0 Å². The second-order valence-corrected chi connectivity index (χ2v) is 4.90. The van der Waals surface area contributed by atoms with Crippen LogP contribution < -0.4 is 33.2 Å². The van der Waals surface area contributed by atoms with E-state index in [9.17, 15) is 28.8 Å². The molecule has 25 heavy (non-hydrogen) atoms. The number of hydrogen-bond donors (Lipinski definition) is 7. The third-order valence-electron chi connectivity index (χ3n) is 2.67. The molecular weight excluding hydrogens is 340 g/mol. The van der Waals surface area contributed by atoms with Gasteiger partial charge in [-0.3, -0.25) is 24.0 Å². The average molecular weight is 360 g/mol. The Morgan fingerprint density at radius 1 is 0.840 bits per heavy atom. The molecule has 0 saturated heterocycles. The molecule has 0 spiro atoms. The summed E-state index contributed by atoms with van der Waals surface area (Å²) >= 11 is 0. The molecule has 0 aromatic heterocycles. The molecular formula is C12H20N6O7. The molecule has 0 rings (SSSR count). The molecule has 13 heteroatoms. The third-order valence-corrected chi connectivity index (χ3v) is 2.67. The summed E-state index contributed by atoms with van der Waals surface area (Å²) in [7, 11) is 0. The number of carbonyl (C=O) groups is 6. The van der Waals surface area contributed by atoms with E-state index in [-0.39, 0.29) is 0 Å². The first kappa shape index (κ1) is 21.8. The van der Waals surface area contributed by atoms with Gasteiger partial charge in [0, 0.05) is 0 Å². The van der Waals surface area contributed by atoms with Crippen LogP contribution >= 0.6 is 0 Å². The summed E-state index contributed by atoms with van der Waals surface area (Å²) in [5, 5.41) is 15.0. The fourth-order valence-electron chi connectivity index (χ4n) is 1.50. The topological polar surface area (TPSA) is 237 Å². The first-order valence-corrected chi connectivity index (χ1v) is 6.91. The van der Waals surface area contributed by atoms with Gasteiger partial charge in [-0.2, -0.15) is 0 Å². The highest BCUT2D eigenvalue weighted by molar-refractivity contribution is 5.92. The zero-order valence-electron chi connectivity index (χ0n) is 13.1. The molecule has 0 aliphatic rings. The van der Waals surface area contributed by atoms with Crippen LogP contribution in [0.5, 0.6) is 0 Å². The second kappa shape index (κ2) is 10.5. The summed E-state index contributed by atoms with van der Waals surface area (Å²) in [6.45, 7) is -1.12. The Kier molecular flexibility index (Phi) is 9.18. The molecule has 0 bridgehead atoms. The van der Waals surface area contributed by atoms with E-state index < -0.39 is 73.5 Å². The van der Waals surface area contributed by atoms with Gasteiger partial charge in [-0.25, -0.2) is 4.79 Å². The Balaban J connectivity index is 4.21. The molecule has 140 valence electrons. The van der Waals surface area contributed by atoms with Crippen LogP contribution in [0.3, 0.4) is 0 Å². The predicted molar refractivity (Wildman–Crippen MR) is 81.2 cm³/mol. The SMILES string of the molecule is NC(=O)CC(N)C(=O)NCC(=O)NCC(=O)NC(CC(N)=O)C(=O)O. The fraction of sp³-hybridized carbons (Fsp3) is 0.500. The minimum Gasteiger partial charge on any atom is -0.480 e. The van der Waals surface area contributed by atoms with E-state index in [2.05, 4.69) is 10.6 Å². The van der Waals surface area contributed by atoms with Crippen molar-refractivity contribution >= 4 is 35.5 Å². The zero-order valence-corrected chi connectivity index (χ0v) is 13.1. The molecule has 0 fully saturated rings. The average Bonchev–Trinajstić information content (AvgIpc) is 2.48. The summed E-state index contributed by atoms with van der Waals surface area (Å²) in [6, 6.07) is -2.73. The maximum absolute atomic E-state index is 11.5. The molecule has 0 aromatic rings. The lowest BCUT2D eigenvalue weighted by atomic mass is 10.2. The number of carboxylic acid groups (broad SMARTS) is 1. The van der Waals surface area contributed by atoms with E-state index in [1.54, 1.807) is 0 Å². The van der Waals surface area contributed by atoms with E-state index >= 15 is 0 Å². The van der Waals surface area contributed by atoms with Crippen molar-refractivity contribution in [3.63, 3.8) is 0 Å². The summed E-state index contributed by atoms with van der Waals surface area (Å²) in [6.07, 6.45) is -1.00. The Morgan fingerprint density at radius 2 is 1.36 bits per heavy atom. The van der Waals surface area contributed by atoms with Crippen molar-refractivity contribution in [1.29, 1.82) is 0 Å². The maximum Gasteiger partial charge on any atom is 0.326 e. The quantitative estimate of drug-likeness (QED) is 0.187. The lowest BCUT2D eigenvalue weighted by Crippen LogP contribution is -2.49. The number of aliphatic carboxylic acids is 1. The monoisotopic (exact) mass is 360 g/mol. The normalized spacial score (nSPS) is 12.4. The predicted octanol–water partition coefficient (Wildman–Crippen LogP) is -5.13. The van der Waals surface area contributed by atoms with Crippen LogP contribution in [0.1, 0.15) is 12.8 Å². The minimum absolute atomic E-state index is 0.397. The Bertz CT molecular complexity index is 564. The molecule has 2 atom stereocenters. The van der Waals surface area contributed by atoms with Gasteiger partial charge in [0.1, 0.15) is 6.04 Å². The van der Waals surface area contributed by atoms with Gasteiger partial charge in [-0.15, -0.1) is 0 Å². The van der Waals surface area contributed by atoms with Gasteiger partial charge in [0.25, 0.3) is 0 Å². The largest absolute Gasteiger partial charge is 0.480 e. The second-order valence-electron chi connectivity index (χ2n) is 4.90. The van der Waals surface area contributed by atoms with Crippen LogP contribution in [-0.2, 0) is 28.8 Å². The van der Waals surface area contributed by atoms with Gasteiger partial charge in [-0.1, -0.05) is 0 Å². The number of carboxylic acids is 1. The van der Waals surface area contributed by atoms with Crippen molar-refractivity contribution in [3.05, 3.63) is 0 Å². The molecule has 0 radical (unpaired) electrons. The number of amides is 5. The Labute approximate surface area is 141 Å². The van der Waals surface area contributed by atoms with E-state index in [0.717, 1.165) is 0 Å². The van der Waals surface area contributed by atoms with Gasteiger partial charge < -0.3 is 38.3 Å². The molecule has 0 aliphatic carbocycles. The van der Waals surface area contributed by atoms with Crippen LogP contribution in [0.2, 0.25) is 0 Å². The minimum atomic E-state index is -1.52. The smallest absolute Gasteiger partial charge is 0.326 e. The highest BCUT2D eigenvalue weighted by Crippen LogP contribution is 1.91. The van der Waals surface area contributed by atoms with E-state index in [4.69, 9.17) is 22.3 Å². The maximum atomic E-state index is 11.5. The number of rotatable bonds is 11. The first-order valence-electron chi connectivity index (χ1n) is 6.91. The third kappa shape index (κ3) is 10.2. The molecule has 5 amide bonds. The summed E-state index contributed by atoms with van der Waals surface area (Å²) in [4.78, 5) is 66.5. The number of hydrogen-bond acceptors (Lipinski definition) is 7. The van der Waals surface area contributed by atoms with Gasteiger partial charge in [0.15, 0.2) is 0 Å². The van der Waals surface area contributed by atoms with Gasteiger partial charge >= 0.3 is 5.97 Å². The van der Waals surface area contributed by atoms with Crippen molar-refractivity contribution in [3.8, 4) is 0 Å². The zero-order chi connectivity index (χ0) is 19.6. The first-order chi connectivity index (χ1) is 11.5. The van der Waals surface area contributed by atoms with Crippen molar-refractivity contribution in [2.45, 2.75) is 24.9 Å². The van der Waals surface area contributed by atoms with Crippen LogP contribution in [0.4, 0.5) is 0 Å². The number of nitrogens with two attached hydrogens (primary N) is 3. The number of primary amides is 2. The molecule has 10 N–H and O–H groups in total. The van der Waals surface area contributed by atoms with E-state index in [1.807, 2.05) is 5.32 Å². The van der Waals surface area contributed by atoms with Crippen LogP contribution in [-0.4, -0.2) is 65.8 Å². The van der Waals surface area contributed by atoms with Crippen LogP contribution in [0.15, 0.2) is 0 Å². The van der Waals surface area contributed by atoms with Gasteiger partial charge in [0.05, 0.1) is 32.0 Å². The molecule has 0 aliphatic heterocycles. The summed E-state index contributed by atoms with van der Waals surface area (Å²) < 4.78 is 0. The van der Waals surface area contributed by atoms with Crippen molar-refractivity contribution < 1.29 is 33.9 Å². The van der Waals surface area contributed by atoms with Crippen molar-refractivity contribution in [2.24, 2.45) is 17.2 Å². The summed E-state index contributed by atoms with van der Waals surface area (Å²) in [5.41, 5.74) is 15.1. The highest BCUT2D eigenvalue weighted by atomic mass is 16.4. The van der Waals surface area contributed by atoms with E-state index in [0.29, 0.717) is 0 Å². The molecule has 0 heterocycles. The Morgan fingerprint density at radius 3 is 1.84 bits per heavy atom. The molecule has 2 unspecified atom stereocenters. The summed E-state index contributed by atoms with van der Waals surface area (Å²) in [5.74, 6) is -5.60. The van der Waals surface area contributed by atoms with Gasteiger partial charge in [0.2, 0.25) is 29.5 Å². The number of carbonyl (C=O) groups excluding carboxylic acids is 5. The van der Waals surface area contributed by atoms with E-state index in [1.165, 1.54) is 0 Å². The lowest BCUT2D eigenvalue weighted by Gasteiger charge is -2.13. The van der Waals surface area contributed by atoms with Crippen molar-refractivity contribution in [2.75, 3.05) is 13.1 Å². The van der Waals surface area contributed by atoms with Gasteiger partial charge in [-0.05, 0) is 0 Å². The number of nitrogens with one attached hydrogen (secondary N) is 3. The van der Waals surface area contributed by atoms with Crippen LogP contribution in [0, 0.1) is 0 Å².